The van der Waals surface area contributed by atoms with E-state index in [2.05, 4.69) is 20.3 Å². The minimum atomic E-state index is -4.53. The van der Waals surface area contributed by atoms with E-state index in [9.17, 15) is 13.2 Å². The highest BCUT2D eigenvalue weighted by Gasteiger charge is 2.33. The molecule has 0 fully saturated rings. The predicted molar refractivity (Wildman–Crippen MR) is 107 cm³/mol. The van der Waals surface area contributed by atoms with Gasteiger partial charge in [0.05, 0.1) is 21.8 Å². The van der Waals surface area contributed by atoms with Crippen LogP contribution in [-0.2, 0) is 6.18 Å². The van der Waals surface area contributed by atoms with Crippen molar-refractivity contribution in [2.24, 2.45) is 0 Å². The summed E-state index contributed by atoms with van der Waals surface area (Å²) in [6.45, 7) is 1.87. The SMILES string of the molecule is Cc1cc(Nc2ccc(Cl)c(C(F)(F)F)c2)c2c(ccc3ncnc32)[nH]1.Cl.O. The van der Waals surface area contributed by atoms with Gasteiger partial charge in [-0.15, -0.1) is 12.4 Å². The smallest absolute Gasteiger partial charge is 0.412 e. The number of aromatic nitrogens is 3. The molecule has 2 aromatic heterocycles. The second-order valence-electron chi connectivity index (χ2n) is 5.91. The number of aryl methyl sites for hydroxylation is 1. The summed E-state index contributed by atoms with van der Waals surface area (Å²) in [6.07, 6.45) is -3.07. The van der Waals surface area contributed by atoms with Crippen LogP contribution in [0.1, 0.15) is 11.3 Å². The number of nitrogens with one attached hydrogen (secondary N) is 2. The van der Waals surface area contributed by atoms with Crippen molar-refractivity contribution < 1.29 is 18.6 Å². The van der Waals surface area contributed by atoms with Crippen LogP contribution in [0.5, 0.6) is 0 Å². The molecule has 148 valence electrons. The first-order valence-electron chi connectivity index (χ1n) is 7.70. The predicted octanol–water partition coefficient (Wildman–Crippen LogP) is 5.43. The van der Waals surface area contributed by atoms with Crippen LogP contribution < -0.4 is 5.32 Å². The first-order chi connectivity index (χ1) is 12.3. The summed E-state index contributed by atoms with van der Waals surface area (Å²) in [6, 6.07) is 9.26. The van der Waals surface area contributed by atoms with E-state index in [1.807, 2.05) is 25.1 Å². The lowest BCUT2D eigenvalue weighted by molar-refractivity contribution is -0.137. The van der Waals surface area contributed by atoms with Crippen molar-refractivity contribution in [3.8, 4) is 0 Å². The van der Waals surface area contributed by atoms with E-state index in [4.69, 9.17) is 11.6 Å². The molecule has 0 amide bonds. The molecule has 4 aromatic rings. The largest absolute Gasteiger partial charge is 0.417 e. The number of H-pyrrole nitrogens is 1. The molecule has 4 rings (SSSR count). The lowest BCUT2D eigenvalue weighted by Gasteiger charge is -2.15. The van der Waals surface area contributed by atoms with Crippen molar-refractivity contribution in [2.75, 3.05) is 5.32 Å². The minimum absolute atomic E-state index is 0. The van der Waals surface area contributed by atoms with Gasteiger partial charge in [-0.2, -0.15) is 13.2 Å². The highest BCUT2D eigenvalue weighted by Crippen LogP contribution is 2.38. The third kappa shape index (κ3) is 3.84. The maximum atomic E-state index is 13.1. The summed E-state index contributed by atoms with van der Waals surface area (Å²) in [4.78, 5) is 11.7. The Labute approximate surface area is 168 Å². The highest BCUT2D eigenvalue weighted by atomic mass is 35.5. The van der Waals surface area contributed by atoms with Crippen molar-refractivity contribution in [1.29, 1.82) is 0 Å². The average molecular weight is 431 g/mol. The van der Waals surface area contributed by atoms with Gasteiger partial charge in [0.2, 0.25) is 0 Å². The molecule has 2 heterocycles. The average Bonchev–Trinajstić information content (AvgIpc) is 3.03. The van der Waals surface area contributed by atoms with Crippen LogP contribution in [-0.4, -0.2) is 20.4 Å². The number of anilines is 2. The maximum absolute atomic E-state index is 13.1. The zero-order valence-corrected chi connectivity index (χ0v) is 15.9. The summed E-state index contributed by atoms with van der Waals surface area (Å²) < 4.78 is 39.3. The fourth-order valence-electron chi connectivity index (χ4n) is 2.95. The Balaban J connectivity index is 0.00000140. The topological polar surface area (TPSA) is 85.1 Å². The Kier molecular flexibility index (Phi) is 6.08. The van der Waals surface area contributed by atoms with E-state index >= 15 is 0 Å². The monoisotopic (exact) mass is 430 g/mol. The maximum Gasteiger partial charge on any atom is 0.417 e. The molecular weight excluding hydrogens is 416 g/mol. The van der Waals surface area contributed by atoms with Crippen LogP contribution in [0.25, 0.3) is 21.9 Å². The number of aromatic amines is 1. The highest BCUT2D eigenvalue weighted by molar-refractivity contribution is 6.31. The molecule has 0 atom stereocenters. The third-order valence-electron chi connectivity index (χ3n) is 4.05. The van der Waals surface area contributed by atoms with Gasteiger partial charge in [-0.05, 0) is 43.3 Å². The van der Waals surface area contributed by atoms with E-state index in [1.165, 1.54) is 18.5 Å². The molecule has 0 spiro atoms. The van der Waals surface area contributed by atoms with E-state index in [-0.39, 0.29) is 28.6 Å². The minimum Gasteiger partial charge on any atom is -0.412 e. The lowest BCUT2D eigenvalue weighted by atomic mass is 10.1. The molecule has 0 aliphatic rings. The lowest BCUT2D eigenvalue weighted by Crippen LogP contribution is -2.06. The zero-order valence-electron chi connectivity index (χ0n) is 14.4. The molecule has 0 aliphatic carbocycles. The van der Waals surface area contributed by atoms with Crippen molar-refractivity contribution in [3.63, 3.8) is 0 Å². The van der Waals surface area contributed by atoms with E-state index in [0.29, 0.717) is 16.7 Å². The summed E-state index contributed by atoms with van der Waals surface area (Å²) in [5.41, 5.74) is 3.08. The quantitative estimate of drug-likeness (QED) is 0.444. The van der Waals surface area contributed by atoms with Gasteiger partial charge in [-0.25, -0.2) is 9.97 Å². The normalized spacial score (nSPS) is 11.2. The number of nitrogens with zero attached hydrogens (tertiary/aromatic N) is 2. The molecule has 5 nitrogen and oxygen atoms in total. The number of benzene rings is 2. The van der Waals surface area contributed by atoms with Crippen molar-refractivity contribution in [1.82, 2.24) is 15.0 Å². The number of hydrogen-bond donors (Lipinski definition) is 2. The summed E-state index contributed by atoms with van der Waals surface area (Å²) in [7, 11) is 0. The first-order valence-corrected chi connectivity index (χ1v) is 8.07. The molecule has 4 N–H and O–H groups in total. The molecule has 2 aromatic carbocycles. The van der Waals surface area contributed by atoms with Crippen molar-refractivity contribution in [3.05, 3.63) is 59.0 Å². The van der Waals surface area contributed by atoms with Crippen LogP contribution in [0.3, 0.4) is 0 Å². The molecular formula is C18H15Cl2F3N4O. The van der Waals surface area contributed by atoms with Gasteiger partial charge in [0.1, 0.15) is 11.8 Å². The van der Waals surface area contributed by atoms with Crippen LogP contribution in [0.4, 0.5) is 24.5 Å². The number of fused-ring (bicyclic) bond motifs is 3. The van der Waals surface area contributed by atoms with Gasteiger partial charge in [-0.3, -0.25) is 0 Å². The fourth-order valence-corrected chi connectivity index (χ4v) is 3.18. The van der Waals surface area contributed by atoms with E-state index in [1.54, 1.807) is 0 Å². The van der Waals surface area contributed by atoms with Gasteiger partial charge in [0, 0.05) is 22.3 Å². The Morgan fingerprint density at radius 1 is 1.07 bits per heavy atom. The molecule has 0 unspecified atom stereocenters. The molecule has 0 radical (unpaired) electrons. The summed E-state index contributed by atoms with van der Waals surface area (Å²) >= 11 is 5.70. The van der Waals surface area contributed by atoms with Gasteiger partial charge in [0.25, 0.3) is 0 Å². The Hall–Kier alpha value is -2.55. The van der Waals surface area contributed by atoms with Gasteiger partial charge in [0.15, 0.2) is 0 Å². The van der Waals surface area contributed by atoms with E-state index < -0.39 is 11.7 Å². The summed E-state index contributed by atoms with van der Waals surface area (Å²) in [5.74, 6) is 0. The third-order valence-corrected chi connectivity index (χ3v) is 4.38. The van der Waals surface area contributed by atoms with Crippen LogP contribution in [0.2, 0.25) is 5.02 Å². The van der Waals surface area contributed by atoms with Gasteiger partial charge < -0.3 is 15.8 Å². The Morgan fingerprint density at radius 3 is 2.54 bits per heavy atom. The summed E-state index contributed by atoms with van der Waals surface area (Å²) in [5, 5.41) is 3.48. The Bertz CT molecular complexity index is 1150. The van der Waals surface area contributed by atoms with Crippen molar-refractivity contribution in [2.45, 2.75) is 13.1 Å². The van der Waals surface area contributed by atoms with Crippen molar-refractivity contribution >= 4 is 57.3 Å². The number of pyridine rings is 1. The zero-order chi connectivity index (χ0) is 18.5. The van der Waals surface area contributed by atoms with Crippen LogP contribution in [0, 0.1) is 6.92 Å². The second kappa shape index (κ2) is 7.83. The number of alkyl halides is 3. The molecule has 28 heavy (non-hydrogen) atoms. The first kappa shape index (κ1) is 21.7. The fraction of sp³-hybridized carbons (Fsp3) is 0.111. The molecule has 0 saturated heterocycles. The van der Waals surface area contributed by atoms with Gasteiger partial charge in [-0.1, -0.05) is 11.6 Å². The molecule has 0 bridgehead atoms. The molecule has 0 aliphatic heterocycles. The number of rotatable bonds is 2. The standard InChI is InChI=1S/C18H12ClF3N4.ClH.H2O/c1-9-6-15(16-13(25-9)4-5-14-17(16)24-8-23-14)26-10-2-3-12(19)11(7-10)18(20,21)22;;/h2-8,25-26H,1H3;1H;1H2. The van der Waals surface area contributed by atoms with Crippen LogP contribution >= 0.6 is 24.0 Å². The number of halogens is 5. The number of hydrogen-bond acceptors (Lipinski definition) is 3. The molecule has 0 saturated carbocycles. The molecule has 10 heteroatoms. The van der Waals surface area contributed by atoms with Gasteiger partial charge >= 0.3 is 6.18 Å². The number of imidazole rings is 1. The van der Waals surface area contributed by atoms with E-state index in [0.717, 1.165) is 22.7 Å². The van der Waals surface area contributed by atoms with Crippen LogP contribution in [0.15, 0.2) is 42.7 Å². The second-order valence-corrected chi connectivity index (χ2v) is 6.32. The Morgan fingerprint density at radius 2 is 1.82 bits per heavy atom.